The molecule has 22 heavy (non-hydrogen) atoms. The van der Waals surface area contributed by atoms with Crippen LogP contribution in [0.3, 0.4) is 0 Å². The molecule has 0 aromatic heterocycles. The fraction of sp³-hybridized carbons (Fsp3) is 0.588. The summed E-state index contributed by atoms with van der Waals surface area (Å²) in [6.45, 7) is 5.96. The fourth-order valence-electron chi connectivity index (χ4n) is 2.02. The van der Waals surface area contributed by atoms with Gasteiger partial charge in [0.1, 0.15) is 5.60 Å². The molecule has 0 radical (unpaired) electrons. The van der Waals surface area contributed by atoms with Crippen molar-refractivity contribution in [3.63, 3.8) is 0 Å². The Morgan fingerprint density at radius 1 is 1.27 bits per heavy atom. The molecule has 1 amide bonds. The van der Waals surface area contributed by atoms with Crippen molar-refractivity contribution in [1.29, 1.82) is 0 Å². The SMILES string of the molecule is COCCCc1ccc([C@@H](CO)NC(=O)OC(C)(C)C)cc1. The van der Waals surface area contributed by atoms with E-state index < -0.39 is 17.7 Å². The Labute approximate surface area is 132 Å². The Kier molecular flexibility index (Phi) is 7.35. The number of ether oxygens (including phenoxy) is 2. The molecule has 0 saturated carbocycles. The van der Waals surface area contributed by atoms with Crippen LogP contribution in [-0.4, -0.2) is 37.1 Å². The summed E-state index contributed by atoms with van der Waals surface area (Å²) >= 11 is 0. The third-order valence-corrected chi connectivity index (χ3v) is 3.07. The smallest absolute Gasteiger partial charge is 0.408 e. The van der Waals surface area contributed by atoms with Crippen LogP contribution in [0.1, 0.15) is 44.4 Å². The molecule has 0 aliphatic carbocycles. The van der Waals surface area contributed by atoms with Crippen LogP contribution in [0.4, 0.5) is 4.79 Å². The fourth-order valence-corrected chi connectivity index (χ4v) is 2.02. The van der Waals surface area contributed by atoms with Crippen molar-refractivity contribution in [2.75, 3.05) is 20.3 Å². The second kappa shape index (κ2) is 8.76. The Morgan fingerprint density at radius 2 is 1.91 bits per heavy atom. The van der Waals surface area contributed by atoms with Crippen LogP contribution in [0.25, 0.3) is 0 Å². The summed E-state index contributed by atoms with van der Waals surface area (Å²) in [6.07, 6.45) is 1.38. The first-order valence-corrected chi connectivity index (χ1v) is 7.54. The number of aryl methyl sites for hydroxylation is 1. The lowest BCUT2D eigenvalue weighted by molar-refractivity contribution is 0.0482. The summed E-state index contributed by atoms with van der Waals surface area (Å²) in [5.41, 5.74) is 1.49. The number of amides is 1. The number of carbonyl (C=O) groups excluding carboxylic acids is 1. The van der Waals surface area contributed by atoms with Gasteiger partial charge >= 0.3 is 6.09 Å². The molecular formula is C17H27NO4. The quantitative estimate of drug-likeness (QED) is 0.760. The molecule has 5 heteroatoms. The first kappa shape index (κ1) is 18.5. The Bertz CT molecular complexity index is 451. The Balaban J connectivity index is 2.61. The second-order valence-corrected chi connectivity index (χ2v) is 6.22. The lowest BCUT2D eigenvalue weighted by Crippen LogP contribution is -2.36. The van der Waals surface area contributed by atoms with E-state index in [1.54, 1.807) is 27.9 Å². The largest absolute Gasteiger partial charge is 0.444 e. The summed E-state index contributed by atoms with van der Waals surface area (Å²) < 4.78 is 10.2. The summed E-state index contributed by atoms with van der Waals surface area (Å²) in [6, 6.07) is 7.37. The minimum Gasteiger partial charge on any atom is -0.444 e. The molecule has 124 valence electrons. The van der Waals surface area contributed by atoms with Crippen LogP contribution in [-0.2, 0) is 15.9 Å². The number of methoxy groups -OCH3 is 1. The van der Waals surface area contributed by atoms with Crippen molar-refractivity contribution < 1.29 is 19.4 Å². The molecule has 0 unspecified atom stereocenters. The maximum absolute atomic E-state index is 11.8. The highest BCUT2D eigenvalue weighted by Crippen LogP contribution is 2.16. The number of aliphatic hydroxyl groups is 1. The molecule has 0 bridgehead atoms. The number of nitrogens with one attached hydrogen (secondary N) is 1. The van der Waals surface area contributed by atoms with Gasteiger partial charge in [-0.25, -0.2) is 4.79 Å². The van der Waals surface area contributed by atoms with Crippen LogP contribution < -0.4 is 5.32 Å². The van der Waals surface area contributed by atoms with Crippen molar-refractivity contribution in [3.05, 3.63) is 35.4 Å². The van der Waals surface area contributed by atoms with E-state index in [-0.39, 0.29) is 6.61 Å². The summed E-state index contributed by atoms with van der Waals surface area (Å²) in [7, 11) is 1.69. The number of hydrogen-bond donors (Lipinski definition) is 2. The van der Waals surface area contributed by atoms with Crippen molar-refractivity contribution >= 4 is 6.09 Å². The molecule has 1 atom stereocenters. The maximum Gasteiger partial charge on any atom is 0.408 e. The van der Waals surface area contributed by atoms with Crippen LogP contribution in [0.2, 0.25) is 0 Å². The van der Waals surface area contributed by atoms with Crippen LogP contribution >= 0.6 is 0 Å². The van der Waals surface area contributed by atoms with Gasteiger partial charge in [-0.2, -0.15) is 0 Å². The van der Waals surface area contributed by atoms with Gasteiger partial charge in [0.05, 0.1) is 12.6 Å². The van der Waals surface area contributed by atoms with Gasteiger partial charge in [-0.15, -0.1) is 0 Å². The summed E-state index contributed by atoms with van der Waals surface area (Å²) in [5, 5.41) is 12.2. The lowest BCUT2D eigenvalue weighted by atomic mass is 10.0. The van der Waals surface area contributed by atoms with Crippen molar-refractivity contribution in [3.8, 4) is 0 Å². The predicted octanol–water partition coefficient (Wildman–Crippen LogP) is 2.82. The van der Waals surface area contributed by atoms with E-state index in [1.807, 2.05) is 24.3 Å². The number of hydrogen-bond acceptors (Lipinski definition) is 4. The van der Waals surface area contributed by atoms with Gasteiger partial charge in [0.2, 0.25) is 0 Å². The Hall–Kier alpha value is -1.59. The number of rotatable bonds is 7. The molecule has 1 aromatic carbocycles. The molecule has 0 aliphatic heterocycles. The minimum atomic E-state index is -0.560. The van der Waals surface area contributed by atoms with Crippen molar-refractivity contribution in [2.45, 2.75) is 45.3 Å². The van der Waals surface area contributed by atoms with Crippen LogP contribution in [0.15, 0.2) is 24.3 Å². The molecule has 0 fully saturated rings. The van der Waals surface area contributed by atoms with E-state index in [2.05, 4.69) is 5.32 Å². The highest BCUT2D eigenvalue weighted by molar-refractivity contribution is 5.68. The lowest BCUT2D eigenvalue weighted by Gasteiger charge is -2.23. The van der Waals surface area contributed by atoms with E-state index in [1.165, 1.54) is 5.56 Å². The van der Waals surface area contributed by atoms with Gasteiger partial charge in [0.25, 0.3) is 0 Å². The van der Waals surface area contributed by atoms with Gasteiger partial charge in [-0.1, -0.05) is 24.3 Å². The topological polar surface area (TPSA) is 67.8 Å². The number of alkyl carbamates (subject to hydrolysis) is 1. The minimum absolute atomic E-state index is 0.178. The zero-order chi connectivity index (χ0) is 16.6. The highest BCUT2D eigenvalue weighted by atomic mass is 16.6. The van der Waals surface area contributed by atoms with Gasteiger partial charge in [-0.3, -0.25) is 0 Å². The standard InChI is InChI=1S/C17H27NO4/c1-17(2,3)22-16(20)18-15(12-19)14-9-7-13(8-10-14)6-5-11-21-4/h7-10,15,19H,5-6,11-12H2,1-4H3,(H,18,20)/t15-/m1/s1. The molecule has 1 rings (SSSR count). The van der Waals surface area contributed by atoms with E-state index in [0.29, 0.717) is 0 Å². The molecule has 5 nitrogen and oxygen atoms in total. The van der Waals surface area contributed by atoms with E-state index in [9.17, 15) is 9.90 Å². The predicted molar refractivity (Wildman–Crippen MR) is 85.8 cm³/mol. The van der Waals surface area contributed by atoms with Gasteiger partial charge in [-0.05, 0) is 44.7 Å². The highest BCUT2D eigenvalue weighted by Gasteiger charge is 2.20. The molecule has 0 spiro atoms. The first-order valence-electron chi connectivity index (χ1n) is 7.54. The average Bonchev–Trinajstić information content (AvgIpc) is 2.44. The normalized spacial score (nSPS) is 12.8. The van der Waals surface area contributed by atoms with Crippen molar-refractivity contribution in [1.82, 2.24) is 5.32 Å². The van der Waals surface area contributed by atoms with Gasteiger partial charge in [0.15, 0.2) is 0 Å². The summed E-state index contributed by atoms with van der Waals surface area (Å²) in [4.78, 5) is 11.8. The summed E-state index contributed by atoms with van der Waals surface area (Å²) in [5.74, 6) is 0. The maximum atomic E-state index is 11.8. The monoisotopic (exact) mass is 309 g/mol. The third kappa shape index (κ3) is 6.91. The molecule has 0 aliphatic rings. The molecular weight excluding hydrogens is 282 g/mol. The van der Waals surface area contributed by atoms with Gasteiger partial charge < -0.3 is 19.9 Å². The number of benzene rings is 1. The average molecular weight is 309 g/mol. The van der Waals surface area contributed by atoms with E-state index in [4.69, 9.17) is 9.47 Å². The molecule has 1 aromatic rings. The molecule has 2 N–H and O–H groups in total. The van der Waals surface area contributed by atoms with Crippen LogP contribution in [0.5, 0.6) is 0 Å². The number of aliphatic hydroxyl groups excluding tert-OH is 1. The van der Waals surface area contributed by atoms with E-state index in [0.717, 1.165) is 25.0 Å². The zero-order valence-corrected chi connectivity index (χ0v) is 13.9. The zero-order valence-electron chi connectivity index (χ0n) is 13.9. The number of carbonyl (C=O) groups is 1. The van der Waals surface area contributed by atoms with Crippen molar-refractivity contribution in [2.24, 2.45) is 0 Å². The second-order valence-electron chi connectivity index (χ2n) is 6.22. The first-order chi connectivity index (χ1) is 10.4. The van der Waals surface area contributed by atoms with Crippen LogP contribution in [0, 0.1) is 0 Å². The third-order valence-electron chi connectivity index (χ3n) is 3.07. The van der Waals surface area contributed by atoms with Gasteiger partial charge in [0, 0.05) is 13.7 Å². The molecule has 0 heterocycles. The van der Waals surface area contributed by atoms with E-state index >= 15 is 0 Å². The Morgan fingerprint density at radius 3 is 2.41 bits per heavy atom. The molecule has 0 saturated heterocycles.